The average Bonchev–Trinajstić information content (AvgIpc) is 2.47. The molecular formula is C15H14N2O5S. The Bertz CT molecular complexity index is 873. The minimum Gasteiger partial charge on any atom is -0.322 e. The number of nitrogens with zero attached hydrogens (tertiary/aromatic N) is 1. The van der Waals surface area contributed by atoms with Crippen LogP contribution < -0.4 is 5.32 Å². The fourth-order valence-electron chi connectivity index (χ4n) is 1.94. The van der Waals surface area contributed by atoms with Crippen LogP contribution in [-0.2, 0) is 9.84 Å². The lowest BCUT2D eigenvalue weighted by Crippen LogP contribution is -2.12. The van der Waals surface area contributed by atoms with Crippen molar-refractivity contribution >= 4 is 27.1 Å². The van der Waals surface area contributed by atoms with Gasteiger partial charge in [-0.15, -0.1) is 0 Å². The summed E-state index contributed by atoms with van der Waals surface area (Å²) >= 11 is 0. The van der Waals surface area contributed by atoms with Crippen LogP contribution in [0.5, 0.6) is 0 Å². The molecule has 1 N–H and O–H groups in total. The third-order valence-electron chi connectivity index (χ3n) is 3.21. The van der Waals surface area contributed by atoms with Crippen molar-refractivity contribution in [3.8, 4) is 0 Å². The SMILES string of the molecule is Cc1ccc(C(=O)Nc2ccc(S(C)(=O)=O)cc2)cc1[N+](=O)[O-]. The van der Waals surface area contributed by atoms with Crippen LogP contribution in [0.3, 0.4) is 0 Å². The van der Waals surface area contributed by atoms with Crippen LogP contribution >= 0.6 is 0 Å². The topological polar surface area (TPSA) is 106 Å². The van der Waals surface area contributed by atoms with Crippen molar-refractivity contribution in [1.29, 1.82) is 0 Å². The first-order valence-electron chi connectivity index (χ1n) is 6.55. The highest BCUT2D eigenvalue weighted by molar-refractivity contribution is 7.90. The lowest BCUT2D eigenvalue weighted by Gasteiger charge is -2.07. The second-order valence-corrected chi connectivity index (χ2v) is 7.02. The number of amides is 1. The van der Waals surface area contributed by atoms with Crippen molar-refractivity contribution in [2.45, 2.75) is 11.8 Å². The number of hydrogen-bond donors (Lipinski definition) is 1. The molecule has 7 nitrogen and oxygen atoms in total. The van der Waals surface area contributed by atoms with Gasteiger partial charge in [0.25, 0.3) is 11.6 Å². The van der Waals surface area contributed by atoms with E-state index in [1.54, 1.807) is 6.92 Å². The summed E-state index contributed by atoms with van der Waals surface area (Å²) < 4.78 is 22.7. The molecule has 23 heavy (non-hydrogen) atoms. The molecule has 2 aromatic carbocycles. The van der Waals surface area contributed by atoms with E-state index in [1.165, 1.54) is 42.5 Å². The fraction of sp³-hybridized carbons (Fsp3) is 0.133. The van der Waals surface area contributed by atoms with Crippen molar-refractivity contribution in [3.63, 3.8) is 0 Å². The van der Waals surface area contributed by atoms with Gasteiger partial charge in [0.2, 0.25) is 0 Å². The minimum absolute atomic E-state index is 0.134. The van der Waals surface area contributed by atoms with E-state index in [1.807, 2.05) is 0 Å². The van der Waals surface area contributed by atoms with Crippen molar-refractivity contribution in [3.05, 3.63) is 63.7 Å². The summed E-state index contributed by atoms with van der Waals surface area (Å²) in [5.41, 5.74) is 0.870. The zero-order chi connectivity index (χ0) is 17.2. The molecule has 0 saturated heterocycles. The summed E-state index contributed by atoms with van der Waals surface area (Å²) in [7, 11) is -3.31. The zero-order valence-electron chi connectivity index (χ0n) is 12.4. The first kappa shape index (κ1) is 16.6. The van der Waals surface area contributed by atoms with Crippen LogP contribution in [0, 0.1) is 17.0 Å². The lowest BCUT2D eigenvalue weighted by molar-refractivity contribution is -0.385. The van der Waals surface area contributed by atoms with E-state index in [0.29, 0.717) is 11.3 Å². The summed E-state index contributed by atoms with van der Waals surface area (Å²) in [5, 5.41) is 13.5. The van der Waals surface area contributed by atoms with Crippen LogP contribution in [0.4, 0.5) is 11.4 Å². The molecule has 1 amide bonds. The average molecular weight is 334 g/mol. The molecule has 0 bridgehead atoms. The molecule has 0 spiro atoms. The number of anilines is 1. The maximum absolute atomic E-state index is 12.1. The van der Waals surface area contributed by atoms with E-state index >= 15 is 0 Å². The lowest BCUT2D eigenvalue weighted by atomic mass is 10.1. The van der Waals surface area contributed by atoms with Crippen LogP contribution in [0.1, 0.15) is 15.9 Å². The van der Waals surface area contributed by atoms with E-state index < -0.39 is 20.7 Å². The molecule has 2 aromatic rings. The second-order valence-electron chi connectivity index (χ2n) is 5.01. The summed E-state index contributed by atoms with van der Waals surface area (Å²) in [6.07, 6.45) is 1.09. The van der Waals surface area contributed by atoms with Gasteiger partial charge < -0.3 is 5.32 Å². The Kier molecular flexibility index (Phi) is 4.46. The predicted octanol–water partition coefficient (Wildman–Crippen LogP) is 2.56. The van der Waals surface area contributed by atoms with Crippen LogP contribution in [-0.4, -0.2) is 25.5 Å². The number of carbonyl (C=O) groups is 1. The molecule has 0 aliphatic heterocycles. The molecule has 0 saturated carbocycles. The van der Waals surface area contributed by atoms with Crippen molar-refractivity contribution in [2.75, 3.05) is 11.6 Å². The predicted molar refractivity (Wildman–Crippen MR) is 85.3 cm³/mol. The summed E-state index contributed by atoms with van der Waals surface area (Å²) in [4.78, 5) is 22.6. The first-order valence-corrected chi connectivity index (χ1v) is 8.44. The van der Waals surface area contributed by atoms with Gasteiger partial charge in [0.1, 0.15) is 0 Å². The molecular weight excluding hydrogens is 320 g/mol. The molecule has 0 fully saturated rings. The number of rotatable bonds is 4. The number of nitro benzene ring substituents is 1. The van der Waals surface area contributed by atoms with Gasteiger partial charge in [-0.2, -0.15) is 0 Å². The smallest absolute Gasteiger partial charge is 0.273 e. The van der Waals surface area contributed by atoms with Crippen LogP contribution in [0.2, 0.25) is 0 Å². The van der Waals surface area contributed by atoms with E-state index in [0.717, 1.165) is 6.26 Å². The van der Waals surface area contributed by atoms with Gasteiger partial charge >= 0.3 is 0 Å². The third kappa shape index (κ3) is 3.92. The quantitative estimate of drug-likeness (QED) is 0.683. The largest absolute Gasteiger partial charge is 0.322 e. The highest BCUT2D eigenvalue weighted by Crippen LogP contribution is 2.20. The Morgan fingerprint density at radius 1 is 1.13 bits per heavy atom. The monoisotopic (exact) mass is 334 g/mol. The minimum atomic E-state index is -3.31. The van der Waals surface area contributed by atoms with Crippen molar-refractivity contribution < 1.29 is 18.1 Å². The highest BCUT2D eigenvalue weighted by atomic mass is 32.2. The van der Waals surface area contributed by atoms with E-state index in [4.69, 9.17) is 0 Å². The van der Waals surface area contributed by atoms with E-state index in [-0.39, 0.29) is 16.1 Å². The second kappa shape index (κ2) is 6.17. The maximum Gasteiger partial charge on any atom is 0.273 e. The standard InChI is InChI=1S/C15H14N2O5S/c1-10-3-4-11(9-14(10)17(19)20)15(18)16-12-5-7-13(8-6-12)23(2,21)22/h3-9H,1-2H3,(H,16,18). The maximum atomic E-state index is 12.1. The van der Waals surface area contributed by atoms with E-state index in [9.17, 15) is 23.3 Å². The van der Waals surface area contributed by atoms with Crippen molar-refractivity contribution in [1.82, 2.24) is 0 Å². The Balaban J connectivity index is 2.22. The fourth-order valence-corrected chi connectivity index (χ4v) is 2.57. The normalized spacial score (nSPS) is 11.0. The molecule has 120 valence electrons. The Morgan fingerprint density at radius 2 is 1.74 bits per heavy atom. The van der Waals surface area contributed by atoms with Gasteiger partial charge in [0.05, 0.1) is 9.82 Å². The van der Waals surface area contributed by atoms with Gasteiger partial charge in [-0.3, -0.25) is 14.9 Å². The third-order valence-corrected chi connectivity index (χ3v) is 4.34. The van der Waals surface area contributed by atoms with E-state index in [2.05, 4.69) is 5.32 Å². The Labute approximate surface area is 133 Å². The summed E-state index contributed by atoms with van der Waals surface area (Å²) in [5.74, 6) is -0.514. The number of aryl methyl sites for hydroxylation is 1. The Morgan fingerprint density at radius 3 is 2.26 bits per heavy atom. The van der Waals surface area contributed by atoms with Gasteiger partial charge in [-0.05, 0) is 37.3 Å². The molecule has 0 heterocycles. The first-order chi connectivity index (χ1) is 10.7. The van der Waals surface area contributed by atoms with Gasteiger partial charge in [0.15, 0.2) is 9.84 Å². The molecule has 0 unspecified atom stereocenters. The highest BCUT2D eigenvalue weighted by Gasteiger charge is 2.15. The number of benzene rings is 2. The molecule has 0 aliphatic rings. The molecule has 0 radical (unpaired) electrons. The zero-order valence-corrected chi connectivity index (χ0v) is 13.3. The number of hydrogen-bond acceptors (Lipinski definition) is 5. The summed E-state index contributed by atoms with van der Waals surface area (Å²) in [6, 6.07) is 9.86. The number of sulfone groups is 1. The molecule has 2 rings (SSSR count). The number of nitro groups is 1. The number of nitrogens with one attached hydrogen (secondary N) is 1. The molecule has 8 heteroatoms. The van der Waals surface area contributed by atoms with Crippen molar-refractivity contribution in [2.24, 2.45) is 0 Å². The van der Waals surface area contributed by atoms with Crippen LogP contribution in [0.15, 0.2) is 47.4 Å². The Hall–Kier alpha value is -2.74. The van der Waals surface area contributed by atoms with Gasteiger partial charge in [0, 0.05) is 29.1 Å². The molecule has 0 atom stereocenters. The number of carbonyl (C=O) groups excluding carboxylic acids is 1. The summed E-state index contributed by atoms with van der Waals surface area (Å²) in [6.45, 7) is 1.59. The van der Waals surface area contributed by atoms with Gasteiger partial charge in [-0.1, -0.05) is 6.07 Å². The van der Waals surface area contributed by atoms with Gasteiger partial charge in [-0.25, -0.2) is 8.42 Å². The molecule has 0 aliphatic carbocycles. The molecule has 0 aromatic heterocycles. The van der Waals surface area contributed by atoms with Crippen LogP contribution in [0.25, 0.3) is 0 Å².